The summed E-state index contributed by atoms with van der Waals surface area (Å²) < 4.78 is 0. The standard InChI is InChI=1S/C15H22N2O2/c16-14-6-2-1-5-13(14)7-8-15(19)17-9-3-4-12(10-17)11-18/h1-2,5-6,12,18H,3-4,7-11,16H2. The third kappa shape index (κ3) is 3.70. The summed E-state index contributed by atoms with van der Waals surface area (Å²) in [6, 6.07) is 7.67. The number of para-hydroxylation sites is 1. The molecule has 2 rings (SSSR count). The molecule has 1 aliphatic rings. The number of hydrogen-bond acceptors (Lipinski definition) is 3. The molecule has 1 aromatic carbocycles. The SMILES string of the molecule is Nc1ccccc1CCC(=O)N1CCCC(CO)C1. The van der Waals surface area contributed by atoms with Crippen molar-refractivity contribution in [3.05, 3.63) is 29.8 Å². The number of aliphatic hydroxyl groups excluding tert-OH is 1. The van der Waals surface area contributed by atoms with Crippen molar-refractivity contribution in [2.45, 2.75) is 25.7 Å². The molecule has 1 aliphatic heterocycles. The Labute approximate surface area is 114 Å². The minimum atomic E-state index is 0.168. The van der Waals surface area contributed by atoms with E-state index in [0.29, 0.717) is 19.4 Å². The molecular formula is C15H22N2O2. The van der Waals surface area contributed by atoms with Crippen LogP contribution in [0, 0.1) is 5.92 Å². The van der Waals surface area contributed by atoms with E-state index < -0.39 is 0 Å². The van der Waals surface area contributed by atoms with Gasteiger partial charge in [-0.25, -0.2) is 0 Å². The number of hydrogen-bond donors (Lipinski definition) is 2. The molecular weight excluding hydrogens is 240 g/mol. The van der Waals surface area contributed by atoms with Gasteiger partial charge in [0.05, 0.1) is 0 Å². The lowest BCUT2D eigenvalue weighted by Crippen LogP contribution is -2.41. The summed E-state index contributed by atoms with van der Waals surface area (Å²) in [5.41, 5.74) is 7.66. The van der Waals surface area contributed by atoms with Crippen molar-refractivity contribution in [2.75, 3.05) is 25.4 Å². The Morgan fingerprint density at radius 2 is 2.21 bits per heavy atom. The molecule has 0 radical (unpaired) electrons. The van der Waals surface area contributed by atoms with Gasteiger partial charge in [-0.1, -0.05) is 18.2 Å². The number of rotatable bonds is 4. The highest BCUT2D eigenvalue weighted by atomic mass is 16.3. The van der Waals surface area contributed by atoms with Gasteiger partial charge in [0, 0.05) is 31.8 Å². The fraction of sp³-hybridized carbons (Fsp3) is 0.533. The molecule has 3 N–H and O–H groups in total. The van der Waals surface area contributed by atoms with Gasteiger partial charge in [-0.15, -0.1) is 0 Å². The third-order valence-corrected chi connectivity index (χ3v) is 3.79. The molecule has 1 atom stereocenters. The van der Waals surface area contributed by atoms with Gasteiger partial charge in [0.15, 0.2) is 0 Å². The molecule has 19 heavy (non-hydrogen) atoms. The summed E-state index contributed by atoms with van der Waals surface area (Å²) in [5.74, 6) is 0.417. The summed E-state index contributed by atoms with van der Waals surface area (Å²) in [4.78, 5) is 14.0. The summed E-state index contributed by atoms with van der Waals surface area (Å²) in [7, 11) is 0. The van der Waals surface area contributed by atoms with Gasteiger partial charge in [0.2, 0.25) is 5.91 Å². The topological polar surface area (TPSA) is 66.6 Å². The molecule has 4 nitrogen and oxygen atoms in total. The van der Waals surface area contributed by atoms with Crippen molar-refractivity contribution >= 4 is 11.6 Å². The van der Waals surface area contributed by atoms with Crippen LogP contribution < -0.4 is 5.73 Å². The van der Waals surface area contributed by atoms with Gasteiger partial charge in [0.1, 0.15) is 0 Å². The van der Waals surface area contributed by atoms with E-state index in [1.165, 1.54) is 0 Å². The van der Waals surface area contributed by atoms with E-state index in [0.717, 1.165) is 30.6 Å². The summed E-state index contributed by atoms with van der Waals surface area (Å²) in [5, 5.41) is 9.18. The Bertz CT molecular complexity index is 434. The van der Waals surface area contributed by atoms with Gasteiger partial charge < -0.3 is 15.7 Å². The van der Waals surface area contributed by atoms with Crippen LogP contribution in [-0.4, -0.2) is 35.6 Å². The number of aryl methyl sites for hydroxylation is 1. The van der Waals surface area contributed by atoms with E-state index in [-0.39, 0.29) is 18.4 Å². The molecule has 1 saturated heterocycles. The molecule has 1 heterocycles. The number of nitrogens with two attached hydrogens (primary N) is 1. The lowest BCUT2D eigenvalue weighted by atomic mass is 9.98. The Hall–Kier alpha value is -1.55. The highest BCUT2D eigenvalue weighted by Crippen LogP contribution is 2.18. The Morgan fingerprint density at radius 3 is 2.95 bits per heavy atom. The van der Waals surface area contributed by atoms with Crippen molar-refractivity contribution in [3.8, 4) is 0 Å². The lowest BCUT2D eigenvalue weighted by molar-refractivity contribution is -0.133. The second-order valence-electron chi connectivity index (χ2n) is 5.23. The fourth-order valence-electron chi connectivity index (χ4n) is 2.60. The van der Waals surface area contributed by atoms with E-state index >= 15 is 0 Å². The number of nitrogens with zero attached hydrogens (tertiary/aromatic N) is 1. The molecule has 0 saturated carbocycles. The Balaban J connectivity index is 1.86. The Kier molecular flexibility index (Phi) is 4.80. The van der Waals surface area contributed by atoms with E-state index in [2.05, 4.69) is 0 Å². The quantitative estimate of drug-likeness (QED) is 0.807. The first-order chi connectivity index (χ1) is 9.20. The largest absolute Gasteiger partial charge is 0.399 e. The van der Waals surface area contributed by atoms with Crippen molar-refractivity contribution in [1.29, 1.82) is 0 Å². The molecule has 0 aliphatic carbocycles. The number of anilines is 1. The summed E-state index contributed by atoms with van der Waals surface area (Å²) in [6.45, 7) is 1.69. The number of benzene rings is 1. The lowest BCUT2D eigenvalue weighted by Gasteiger charge is -2.32. The van der Waals surface area contributed by atoms with E-state index in [1.807, 2.05) is 29.2 Å². The van der Waals surface area contributed by atoms with Gasteiger partial charge in [-0.3, -0.25) is 4.79 Å². The molecule has 4 heteroatoms. The van der Waals surface area contributed by atoms with E-state index in [9.17, 15) is 9.90 Å². The molecule has 1 fully saturated rings. The number of carbonyl (C=O) groups excluding carboxylic acids is 1. The van der Waals surface area contributed by atoms with Crippen LogP contribution in [0.5, 0.6) is 0 Å². The van der Waals surface area contributed by atoms with Gasteiger partial charge in [-0.05, 0) is 36.8 Å². The maximum Gasteiger partial charge on any atom is 0.222 e. The molecule has 0 bridgehead atoms. The molecule has 0 aromatic heterocycles. The van der Waals surface area contributed by atoms with Crippen LogP contribution in [0.25, 0.3) is 0 Å². The monoisotopic (exact) mass is 262 g/mol. The normalized spacial score (nSPS) is 19.4. The van der Waals surface area contributed by atoms with Crippen molar-refractivity contribution in [1.82, 2.24) is 4.90 Å². The highest BCUT2D eigenvalue weighted by Gasteiger charge is 2.22. The smallest absolute Gasteiger partial charge is 0.222 e. The first-order valence-corrected chi connectivity index (χ1v) is 6.92. The molecule has 1 amide bonds. The first-order valence-electron chi connectivity index (χ1n) is 6.92. The molecule has 104 valence electrons. The maximum absolute atomic E-state index is 12.1. The number of piperidine rings is 1. The minimum absolute atomic E-state index is 0.168. The third-order valence-electron chi connectivity index (χ3n) is 3.79. The predicted octanol–water partition coefficient (Wildman–Crippen LogP) is 1.43. The highest BCUT2D eigenvalue weighted by molar-refractivity contribution is 5.76. The Morgan fingerprint density at radius 1 is 1.42 bits per heavy atom. The van der Waals surface area contributed by atoms with Gasteiger partial charge in [0.25, 0.3) is 0 Å². The molecule has 0 spiro atoms. The van der Waals surface area contributed by atoms with Crippen LogP contribution >= 0.6 is 0 Å². The van der Waals surface area contributed by atoms with E-state index in [1.54, 1.807) is 0 Å². The van der Waals surface area contributed by atoms with Gasteiger partial charge in [-0.2, -0.15) is 0 Å². The average molecular weight is 262 g/mol. The van der Waals surface area contributed by atoms with Crippen LogP contribution in [0.3, 0.4) is 0 Å². The molecule has 1 unspecified atom stereocenters. The number of carbonyl (C=O) groups is 1. The number of likely N-dealkylation sites (tertiary alicyclic amines) is 1. The average Bonchev–Trinajstić information content (AvgIpc) is 2.46. The van der Waals surface area contributed by atoms with Crippen molar-refractivity contribution < 1.29 is 9.90 Å². The maximum atomic E-state index is 12.1. The van der Waals surface area contributed by atoms with Crippen molar-refractivity contribution in [3.63, 3.8) is 0 Å². The van der Waals surface area contributed by atoms with E-state index in [4.69, 9.17) is 5.73 Å². The zero-order valence-electron chi connectivity index (χ0n) is 11.2. The van der Waals surface area contributed by atoms with Crippen LogP contribution in [0.2, 0.25) is 0 Å². The number of nitrogen functional groups attached to an aromatic ring is 1. The predicted molar refractivity (Wildman–Crippen MR) is 75.6 cm³/mol. The fourth-order valence-corrected chi connectivity index (χ4v) is 2.60. The first kappa shape index (κ1) is 13.9. The minimum Gasteiger partial charge on any atom is -0.399 e. The number of aliphatic hydroxyl groups is 1. The van der Waals surface area contributed by atoms with Crippen LogP contribution in [-0.2, 0) is 11.2 Å². The van der Waals surface area contributed by atoms with Crippen LogP contribution in [0.15, 0.2) is 24.3 Å². The second kappa shape index (κ2) is 6.57. The summed E-state index contributed by atoms with van der Waals surface area (Å²) >= 11 is 0. The molecule has 1 aromatic rings. The summed E-state index contributed by atoms with van der Waals surface area (Å²) in [6.07, 6.45) is 3.19. The zero-order valence-corrected chi connectivity index (χ0v) is 11.2. The van der Waals surface area contributed by atoms with Crippen molar-refractivity contribution in [2.24, 2.45) is 5.92 Å². The van der Waals surface area contributed by atoms with Crippen LogP contribution in [0.1, 0.15) is 24.8 Å². The van der Waals surface area contributed by atoms with Gasteiger partial charge >= 0.3 is 0 Å². The number of amides is 1. The second-order valence-corrected chi connectivity index (χ2v) is 5.23. The van der Waals surface area contributed by atoms with Crippen LogP contribution in [0.4, 0.5) is 5.69 Å². The zero-order chi connectivity index (χ0) is 13.7.